The van der Waals surface area contributed by atoms with Gasteiger partial charge in [0, 0.05) is 0 Å². The van der Waals surface area contributed by atoms with Crippen LogP contribution in [0.1, 0.15) is 16.7 Å². The van der Waals surface area contributed by atoms with Crippen molar-refractivity contribution in [2.24, 2.45) is 5.10 Å². The minimum Gasteiger partial charge on any atom is -0.493 e. The van der Waals surface area contributed by atoms with E-state index in [4.69, 9.17) is 20.5 Å². The second kappa shape index (κ2) is 9.10. The molecular formula is C20H19ClN4O4S. The highest BCUT2D eigenvalue weighted by atomic mass is 35.5. The molecule has 156 valence electrons. The molecule has 0 saturated carbocycles. The molecule has 0 atom stereocenters. The minimum absolute atomic E-state index is 0.0760. The van der Waals surface area contributed by atoms with Crippen LogP contribution >= 0.6 is 11.6 Å². The van der Waals surface area contributed by atoms with E-state index in [1.807, 2.05) is 13.0 Å². The van der Waals surface area contributed by atoms with Gasteiger partial charge in [-0.2, -0.15) is 13.5 Å². The Morgan fingerprint density at radius 1 is 1.03 bits per heavy atom. The molecule has 0 spiro atoms. The lowest BCUT2D eigenvalue weighted by molar-refractivity contribution is 0.390. The molecule has 0 amide bonds. The third-order valence-corrected chi connectivity index (χ3v) is 5.60. The highest BCUT2D eigenvalue weighted by molar-refractivity contribution is 7.87. The van der Waals surface area contributed by atoms with Crippen molar-refractivity contribution in [1.82, 2.24) is 10.2 Å². The maximum absolute atomic E-state index is 12.7. The smallest absolute Gasteiger partial charge is 0.339 e. The third-order valence-electron chi connectivity index (χ3n) is 4.02. The van der Waals surface area contributed by atoms with Crippen LogP contribution in [0.2, 0.25) is 5.15 Å². The number of halogens is 1. The fourth-order valence-electron chi connectivity index (χ4n) is 2.52. The van der Waals surface area contributed by atoms with Gasteiger partial charge in [0.25, 0.3) is 0 Å². The number of hydrogen-bond acceptors (Lipinski definition) is 8. The van der Waals surface area contributed by atoms with Crippen molar-refractivity contribution in [2.75, 3.05) is 12.5 Å². The Balaban J connectivity index is 1.79. The molecule has 0 unspecified atom stereocenters. The van der Waals surface area contributed by atoms with Crippen molar-refractivity contribution in [2.45, 2.75) is 18.7 Å². The van der Waals surface area contributed by atoms with Gasteiger partial charge in [0.2, 0.25) is 0 Å². The lowest BCUT2D eigenvalue weighted by Gasteiger charge is -2.13. The average molecular weight is 447 g/mol. The van der Waals surface area contributed by atoms with Crippen LogP contribution in [0.3, 0.4) is 0 Å². The largest absolute Gasteiger partial charge is 0.493 e. The first-order valence-corrected chi connectivity index (χ1v) is 10.6. The average Bonchev–Trinajstić information content (AvgIpc) is 2.72. The molecule has 0 saturated heterocycles. The topological polar surface area (TPSA) is 103 Å². The van der Waals surface area contributed by atoms with Crippen molar-refractivity contribution in [1.29, 1.82) is 0 Å². The first-order valence-electron chi connectivity index (χ1n) is 8.76. The van der Waals surface area contributed by atoms with E-state index in [1.54, 1.807) is 43.3 Å². The van der Waals surface area contributed by atoms with Gasteiger partial charge in [-0.05, 0) is 66.9 Å². The molecule has 0 radical (unpaired) electrons. The molecule has 0 aliphatic heterocycles. The molecule has 0 bridgehead atoms. The summed E-state index contributed by atoms with van der Waals surface area (Å²) in [6.07, 6.45) is 1.52. The minimum atomic E-state index is -4.02. The van der Waals surface area contributed by atoms with Crippen LogP contribution in [0.4, 0.5) is 5.82 Å². The van der Waals surface area contributed by atoms with Gasteiger partial charge in [0.1, 0.15) is 4.90 Å². The van der Waals surface area contributed by atoms with Gasteiger partial charge in [0.15, 0.2) is 22.5 Å². The normalized spacial score (nSPS) is 11.5. The molecule has 0 aliphatic rings. The predicted octanol–water partition coefficient (Wildman–Crippen LogP) is 3.97. The number of benzene rings is 2. The molecule has 3 aromatic rings. The van der Waals surface area contributed by atoms with Crippen molar-refractivity contribution in [3.05, 3.63) is 70.4 Å². The summed E-state index contributed by atoms with van der Waals surface area (Å²) in [5.41, 5.74) is 4.78. The number of nitrogens with zero attached hydrogens (tertiary/aromatic N) is 3. The van der Waals surface area contributed by atoms with Crippen LogP contribution in [0.25, 0.3) is 0 Å². The molecule has 2 aromatic carbocycles. The Kier molecular flexibility index (Phi) is 6.53. The van der Waals surface area contributed by atoms with Crippen molar-refractivity contribution in [3.8, 4) is 11.5 Å². The van der Waals surface area contributed by atoms with E-state index < -0.39 is 10.1 Å². The molecule has 30 heavy (non-hydrogen) atoms. The lowest BCUT2D eigenvalue weighted by atomic mass is 10.2. The second-order valence-electron chi connectivity index (χ2n) is 6.33. The fraction of sp³-hybridized carbons (Fsp3) is 0.150. The van der Waals surface area contributed by atoms with Crippen molar-refractivity contribution < 1.29 is 17.3 Å². The fourth-order valence-corrected chi connectivity index (χ4v) is 3.88. The Hall–Kier alpha value is -3.17. The summed E-state index contributed by atoms with van der Waals surface area (Å²) < 4.78 is 36.1. The highest BCUT2D eigenvalue weighted by Gasteiger charge is 2.21. The number of ether oxygens (including phenoxy) is 1. The zero-order chi connectivity index (χ0) is 21.7. The predicted molar refractivity (Wildman–Crippen MR) is 115 cm³/mol. The van der Waals surface area contributed by atoms with Gasteiger partial charge in [0.05, 0.1) is 13.3 Å². The van der Waals surface area contributed by atoms with Gasteiger partial charge >= 0.3 is 10.1 Å². The molecule has 8 nitrogen and oxygen atoms in total. The van der Waals surface area contributed by atoms with E-state index in [0.717, 1.165) is 5.56 Å². The van der Waals surface area contributed by atoms with Crippen molar-refractivity contribution in [3.63, 3.8) is 0 Å². The molecule has 0 aliphatic carbocycles. The van der Waals surface area contributed by atoms with Gasteiger partial charge in [-0.25, -0.2) is 0 Å². The summed E-state index contributed by atoms with van der Waals surface area (Å²) in [4.78, 5) is 0.114. The van der Waals surface area contributed by atoms with Crippen LogP contribution in [-0.4, -0.2) is 31.9 Å². The number of aromatic nitrogens is 2. The Bertz CT molecular complexity index is 1180. The SMILES string of the molecule is COc1cc(/C=N/Nc2ccc(Cl)nn2)ccc1OS(=O)(=O)c1cc(C)ccc1C. The highest BCUT2D eigenvalue weighted by Crippen LogP contribution is 2.31. The van der Waals surface area contributed by atoms with Crippen LogP contribution in [-0.2, 0) is 10.1 Å². The third kappa shape index (κ3) is 5.25. The number of anilines is 1. The van der Waals surface area contributed by atoms with E-state index >= 15 is 0 Å². The number of aryl methyl sites for hydroxylation is 2. The Morgan fingerprint density at radius 3 is 2.53 bits per heavy atom. The van der Waals surface area contributed by atoms with E-state index in [1.165, 1.54) is 19.4 Å². The summed E-state index contributed by atoms with van der Waals surface area (Å²) in [5.74, 6) is 0.744. The number of nitrogens with one attached hydrogen (secondary N) is 1. The molecule has 10 heteroatoms. The summed E-state index contributed by atoms with van der Waals surface area (Å²) >= 11 is 5.68. The summed E-state index contributed by atoms with van der Waals surface area (Å²) in [7, 11) is -2.59. The van der Waals surface area contributed by atoms with E-state index in [9.17, 15) is 8.42 Å². The quantitative estimate of drug-likeness (QED) is 0.332. The lowest BCUT2D eigenvalue weighted by Crippen LogP contribution is -2.12. The molecule has 1 aromatic heterocycles. The van der Waals surface area contributed by atoms with Gasteiger partial charge < -0.3 is 8.92 Å². The number of methoxy groups -OCH3 is 1. The van der Waals surface area contributed by atoms with Crippen molar-refractivity contribution >= 4 is 33.8 Å². The summed E-state index contributed by atoms with van der Waals surface area (Å²) in [6, 6.07) is 13.1. The molecule has 0 fully saturated rings. The van der Waals surface area contributed by atoms with E-state index in [2.05, 4.69) is 20.7 Å². The Morgan fingerprint density at radius 2 is 1.83 bits per heavy atom. The zero-order valence-electron chi connectivity index (χ0n) is 16.5. The van der Waals surface area contributed by atoms with Gasteiger partial charge in [-0.15, -0.1) is 10.2 Å². The maximum atomic E-state index is 12.7. The standard InChI is InChI=1S/C20H19ClN4O4S/c1-13-4-5-14(2)18(10-13)30(26,27)29-16-7-6-15(11-17(16)28-3)12-22-24-20-9-8-19(21)23-25-20/h4-12H,1-3H3,(H,24,25)/b22-12+. The summed E-state index contributed by atoms with van der Waals surface area (Å²) in [6.45, 7) is 3.53. The Labute approximate surface area is 179 Å². The summed E-state index contributed by atoms with van der Waals surface area (Å²) in [5, 5.41) is 11.9. The number of hydrazone groups is 1. The van der Waals surface area contributed by atoms with Crippen LogP contribution in [0.5, 0.6) is 11.5 Å². The number of rotatable bonds is 7. The molecular weight excluding hydrogens is 428 g/mol. The molecule has 1 N–H and O–H groups in total. The zero-order valence-corrected chi connectivity index (χ0v) is 18.0. The van der Waals surface area contributed by atoms with Crippen LogP contribution < -0.4 is 14.3 Å². The monoisotopic (exact) mass is 446 g/mol. The molecule has 1 heterocycles. The van der Waals surface area contributed by atoms with Gasteiger partial charge in [-0.1, -0.05) is 23.7 Å². The number of hydrogen-bond donors (Lipinski definition) is 1. The second-order valence-corrected chi connectivity index (χ2v) is 8.23. The first kappa shape index (κ1) is 21.5. The van der Waals surface area contributed by atoms with E-state index in [-0.39, 0.29) is 21.5 Å². The van der Waals surface area contributed by atoms with Crippen LogP contribution in [0.15, 0.2) is 58.5 Å². The first-order chi connectivity index (χ1) is 14.3. The van der Waals surface area contributed by atoms with Gasteiger partial charge in [-0.3, -0.25) is 5.43 Å². The molecule has 3 rings (SSSR count). The maximum Gasteiger partial charge on any atom is 0.339 e. The van der Waals surface area contributed by atoms with Crippen LogP contribution in [0, 0.1) is 13.8 Å². The van der Waals surface area contributed by atoms with E-state index in [0.29, 0.717) is 16.9 Å².